The summed E-state index contributed by atoms with van der Waals surface area (Å²) < 4.78 is 4.47. The zero-order chi connectivity index (χ0) is 24.9. The van der Waals surface area contributed by atoms with Gasteiger partial charge in [0.25, 0.3) is 0 Å². The number of fused-ring (bicyclic) bond motifs is 1. The minimum Gasteiger partial charge on any atom is -0.505 e. The fourth-order valence-corrected chi connectivity index (χ4v) is 2.68. The first-order chi connectivity index (χ1) is 15.7. The molecule has 0 saturated carbocycles. The van der Waals surface area contributed by atoms with E-state index in [1.54, 1.807) is 36.4 Å². The van der Waals surface area contributed by atoms with Gasteiger partial charge in [-0.1, -0.05) is 78.6 Å². The molecule has 0 aliphatic carbocycles. The van der Waals surface area contributed by atoms with Crippen LogP contribution in [0.4, 0.5) is 17.1 Å². The number of phenolic OH excluding ortho intramolecular Hbond substituents is 1. The molecule has 4 N–H and O–H groups in total. The van der Waals surface area contributed by atoms with Crippen molar-refractivity contribution in [2.45, 2.75) is 60.3 Å². The van der Waals surface area contributed by atoms with E-state index in [2.05, 4.69) is 19.6 Å². The quantitative estimate of drug-likeness (QED) is 0.114. The Balaban J connectivity index is 0. The lowest BCUT2D eigenvalue weighted by Crippen LogP contribution is -1.86. The lowest BCUT2D eigenvalue weighted by Gasteiger charge is -2.09. The van der Waals surface area contributed by atoms with Crippen LogP contribution in [0.5, 0.6) is 5.75 Å². The summed E-state index contributed by atoms with van der Waals surface area (Å²) in [5, 5.41) is 32.0. The smallest absolute Gasteiger partial charge is 0.152 e. The molecule has 0 unspecified atom stereocenters. The first kappa shape index (κ1) is 31.5. The molecular formula is C24H37N3O4S. The number of rotatable bonds is 5. The van der Waals surface area contributed by atoms with Crippen LogP contribution >= 0.6 is 12.0 Å². The summed E-state index contributed by atoms with van der Waals surface area (Å²) in [4.78, 5) is 0.402. The second kappa shape index (κ2) is 20.3. The van der Waals surface area contributed by atoms with Crippen molar-refractivity contribution in [3.63, 3.8) is 0 Å². The summed E-state index contributed by atoms with van der Waals surface area (Å²) >= 11 is 0.690. The van der Waals surface area contributed by atoms with Crippen LogP contribution in [0.15, 0.2) is 69.7 Å². The third kappa shape index (κ3) is 10.1. The highest BCUT2D eigenvalue weighted by atomic mass is 32.2. The summed E-state index contributed by atoms with van der Waals surface area (Å²) in [6.45, 7) is 16.0. The van der Waals surface area contributed by atoms with E-state index in [1.807, 2.05) is 73.6 Å². The topological polar surface area (TPSA) is 110 Å². The molecular weight excluding hydrogens is 426 g/mol. The number of nitrogens with zero attached hydrogens (tertiary/aromatic N) is 2. The predicted molar refractivity (Wildman–Crippen MR) is 137 cm³/mol. The Hall–Kier alpha value is -2.65. The van der Waals surface area contributed by atoms with Crippen LogP contribution in [0.3, 0.4) is 0 Å². The molecule has 0 aromatic heterocycles. The van der Waals surface area contributed by atoms with Crippen molar-refractivity contribution in [3.05, 3.63) is 54.6 Å². The van der Waals surface area contributed by atoms with Crippen LogP contribution < -0.4 is 5.73 Å². The molecule has 0 bridgehead atoms. The van der Waals surface area contributed by atoms with Crippen molar-refractivity contribution >= 4 is 39.9 Å². The van der Waals surface area contributed by atoms with E-state index < -0.39 is 0 Å². The molecule has 0 amide bonds. The second-order valence-electron chi connectivity index (χ2n) is 4.81. The number of phenols is 1. The SMILES string of the molecule is CC.CC.CC.CC.Nc1ccc2c(O)c(N=Nc3ccccc3)c(SOOO)cc2c1. The number of aromatic hydroxyl groups is 1. The normalized spacial score (nSPS) is 9.28. The van der Waals surface area contributed by atoms with Gasteiger partial charge < -0.3 is 10.8 Å². The van der Waals surface area contributed by atoms with Gasteiger partial charge in [-0.05, 0) is 41.8 Å². The molecule has 0 fully saturated rings. The van der Waals surface area contributed by atoms with Gasteiger partial charge in [0.05, 0.1) is 22.6 Å². The number of benzene rings is 3. The summed E-state index contributed by atoms with van der Waals surface area (Å²) in [7, 11) is 0. The molecule has 3 aromatic rings. The molecule has 0 spiro atoms. The van der Waals surface area contributed by atoms with E-state index in [0.717, 1.165) is 0 Å². The van der Waals surface area contributed by atoms with Gasteiger partial charge in [-0.25, -0.2) is 5.26 Å². The lowest BCUT2D eigenvalue weighted by molar-refractivity contribution is -0.432. The number of hydrogen-bond donors (Lipinski definition) is 3. The van der Waals surface area contributed by atoms with Crippen LogP contribution in [0, 0.1) is 0 Å². The Bertz CT molecular complexity index is 891. The summed E-state index contributed by atoms with van der Waals surface area (Å²) in [6.07, 6.45) is 0. The molecule has 3 rings (SSSR count). The molecule has 0 aliphatic rings. The van der Waals surface area contributed by atoms with Gasteiger partial charge in [-0.2, -0.15) is 5.11 Å². The van der Waals surface area contributed by atoms with Crippen LogP contribution in [0.2, 0.25) is 0 Å². The molecule has 0 radical (unpaired) electrons. The van der Waals surface area contributed by atoms with E-state index in [0.29, 0.717) is 39.1 Å². The van der Waals surface area contributed by atoms with Crippen LogP contribution in [0.25, 0.3) is 10.8 Å². The third-order valence-corrected chi connectivity index (χ3v) is 3.87. The maximum Gasteiger partial charge on any atom is 0.152 e. The largest absolute Gasteiger partial charge is 0.505 e. The molecule has 0 aliphatic heterocycles. The zero-order valence-corrected chi connectivity index (χ0v) is 21.1. The fourth-order valence-electron chi connectivity index (χ4n) is 2.18. The van der Waals surface area contributed by atoms with Crippen LogP contribution in [0.1, 0.15) is 55.4 Å². The standard InChI is InChI=1S/C16H13N3O4S.4C2H6/c17-11-6-7-13-10(8-11)9-14(24-23-22-21)15(16(13)20)19-18-12-4-2-1-3-5-12;4*1-2/h1-9,20-21H,17H2;4*1-2H3. The van der Waals surface area contributed by atoms with Crippen molar-refractivity contribution < 1.29 is 19.7 Å². The average molecular weight is 464 g/mol. The fraction of sp³-hybridized carbons (Fsp3) is 0.333. The number of nitrogens with two attached hydrogens (primary N) is 1. The highest BCUT2D eigenvalue weighted by Gasteiger charge is 2.15. The number of azo groups is 1. The van der Waals surface area contributed by atoms with Gasteiger partial charge in [-0.3, -0.25) is 0 Å². The van der Waals surface area contributed by atoms with E-state index in [-0.39, 0.29) is 11.4 Å². The zero-order valence-electron chi connectivity index (χ0n) is 20.3. The maximum absolute atomic E-state index is 10.5. The summed E-state index contributed by atoms with van der Waals surface area (Å²) in [5.41, 5.74) is 7.14. The number of hydrogen-bond acceptors (Lipinski definition) is 8. The molecule has 8 heteroatoms. The van der Waals surface area contributed by atoms with Crippen molar-refractivity contribution in [1.82, 2.24) is 0 Å². The van der Waals surface area contributed by atoms with E-state index in [9.17, 15) is 5.11 Å². The van der Waals surface area contributed by atoms with Gasteiger partial charge in [-0.15, -0.1) is 9.45 Å². The molecule has 0 heterocycles. The Morgan fingerprint density at radius 3 is 1.97 bits per heavy atom. The van der Waals surface area contributed by atoms with Crippen molar-refractivity contribution in [1.29, 1.82) is 0 Å². The van der Waals surface area contributed by atoms with E-state index in [4.69, 9.17) is 11.0 Å². The second-order valence-corrected chi connectivity index (χ2v) is 5.56. The monoisotopic (exact) mass is 463 g/mol. The average Bonchev–Trinajstić information content (AvgIpc) is 2.87. The van der Waals surface area contributed by atoms with Crippen molar-refractivity contribution in [3.8, 4) is 5.75 Å². The third-order valence-electron chi connectivity index (χ3n) is 3.25. The molecule has 0 atom stereocenters. The van der Waals surface area contributed by atoms with Gasteiger partial charge in [0.1, 0.15) is 5.69 Å². The number of anilines is 1. The Morgan fingerprint density at radius 1 is 0.812 bits per heavy atom. The first-order valence-corrected chi connectivity index (χ1v) is 11.6. The predicted octanol–water partition coefficient (Wildman–Crippen LogP) is 9.08. The van der Waals surface area contributed by atoms with Crippen molar-refractivity contribution in [2.24, 2.45) is 10.2 Å². The van der Waals surface area contributed by atoms with Crippen LogP contribution in [-0.4, -0.2) is 10.4 Å². The van der Waals surface area contributed by atoms with Gasteiger partial charge >= 0.3 is 0 Å². The molecule has 0 saturated heterocycles. The first-order valence-electron chi connectivity index (χ1n) is 10.9. The minimum atomic E-state index is -0.0729. The van der Waals surface area contributed by atoms with Gasteiger partial charge in [0.2, 0.25) is 0 Å². The van der Waals surface area contributed by atoms with Crippen molar-refractivity contribution in [2.75, 3.05) is 5.73 Å². The molecule has 3 aromatic carbocycles. The van der Waals surface area contributed by atoms with Crippen LogP contribution in [-0.2, 0) is 9.37 Å². The maximum atomic E-state index is 10.5. The van der Waals surface area contributed by atoms with E-state index in [1.165, 1.54) is 0 Å². The Morgan fingerprint density at radius 2 is 1.41 bits per heavy atom. The highest BCUT2D eigenvalue weighted by molar-refractivity contribution is 7.94. The molecule has 7 nitrogen and oxygen atoms in total. The highest BCUT2D eigenvalue weighted by Crippen LogP contribution is 2.44. The summed E-state index contributed by atoms with van der Waals surface area (Å²) in [5.74, 6) is -0.0729. The van der Waals surface area contributed by atoms with E-state index >= 15 is 0 Å². The van der Waals surface area contributed by atoms with Gasteiger partial charge in [0.15, 0.2) is 5.75 Å². The number of nitrogen functional groups attached to an aromatic ring is 1. The Kier molecular flexibility index (Phi) is 20.0. The minimum absolute atomic E-state index is 0.0729. The van der Waals surface area contributed by atoms with Gasteiger partial charge in [0, 0.05) is 11.1 Å². The molecule has 32 heavy (non-hydrogen) atoms. The Labute approximate surface area is 196 Å². The molecule has 178 valence electrons. The summed E-state index contributed by atoms with van der Waals surface area (Å²) in [6, 6.07) is 15.9. The lowest BCUT2D eigenvalue weighted by atomic mass is 10.1.